The van der Waals surface area contributed by atoms with Crippen LogP contribution in [-0.4, -0.2) is 61.0 Å². The first-order chi connectivity index (χ1) is 14.1. The molecule has 0 spiro atoms. The predicted molar refractivity (Wildman–Crippen MR) is 112 cm³/mol. The molecule has 1 fully saturated rings. The number of nitrogens with zero attached hydrogens (tertiary/aromatic N) is 2. The molecule has 3 rings (SSSR count). The number of amides is 2. The number of rotatable bonds is 8. The average Bonchev–Trinajstić information content (AvgIpc) is 2.75. The highest BCUT2D eigenvalue weighted by atomic mass is 16.5. The summed E-state index contributed by atoms with van der Waals surface area (Å²) in [5.74, 6) is -0.290. The Morgan fingerprint density at radius 2 is 1.66 bits per heavy atom. The molecular weight excluding hydrogens is 366 g/mol. The van der Waals surface area contributed by atoms with Crippen LogP contribution in [0.1, 0.15) is 24.1 Å². The maximum Gasteiger partial charge on any atom is 0.247 e. The smallest absolute Gasteiger partial charge is 0.247 e. The SMILES string of the molecule is CC(=O)N(Cc1ccccc1)[C@H](C(=O)NCCN1CCOCC1)c1ccccc1. The zero-order valence-electron chi connectivity index (χ0n) is 16.9. The zero-order valence-corrected chi connectivity index (χ0v) is 16.9. The molecule has 2 aromatic rings. The fourth-order valence-electron chi connectivity index (χ4n) is 3.53. The van der Waals surface area contributed by atoms with Crippen LogP contribution in [0.5, 0.6) is 0 Å². The average molecular weight is 396 g/mol. The lowest BCUT2D eigenvalue weighted by Crippen LogP contribution is -2.45. The number of carbonyl (C=O) groups is 2. The molecule has 154 valence electrons. The van der Waals surface area contributed by atoms with Gasteiger partial charge in [0.15, 0.2) is 0 Å². The van der Waals surface area contributed by atoms with Gasteiger partial charge in [0.1, 0.15) is 6.04 Å². The van der Waals surface area contributed by atoms with Gasteiger partial charge in [-0.1, -0.05) is 60.7 Å². The molecule has 0 radical (unpaired) electrons. The zero-order chi connectivity index (χ0) is 20.5. The number of nitrogens with one attached hydrogen (secondary N) is 1. The largest absolute Gasteiger partial charge is 0.379 e. The van der Waals surface area contributed by atoms with Crippen molar-refractivity contribution in [3.63, 3.8) is 0 Å². The Labute approximate surface area is 172 Å². The van der Waals surface area contributed by atoms with Crippen LogP contribution in [0.4, 0.5) is 0 Å². The number of ether oxygens (including phenoxy) is 1. The second-order valence-corrected chi connectivity index (χ2v) is 7.19. The highest BCUT2D eigenvalue weighted by Crippen LogP contribution is 2.23. The quantitative estimate of drug-likeness (QED) is 0.745. The van der Waals surface area contributed by atoms with E-state index in [0.29, 0.717) is 13.1 Å². The summed E-state index contributed by atoms with van der Waals surface area (Å²) in [6.45, 7) is 6.43. The molecule has 0 bridgehead atoms. The van der Waals surface area contributed by atoms with Crippen LogP contribution in [0.2, 0.25) is 0 Å². The summed E-state index contributed by atoms with van der Waals surface area (Å²) in [6.07, 6.45) is 0. The Bertz CT molecular complexity index is 776. The Kier molecular flexibility index (Phi) is 7.78. The molecule has 6 heteroatoms. The number of benzene rings is 2. The Hall–Kier alpha value is -2.70. The monoisotopic (exact) mass is 395 g/mol. The molecule has 2 amide bonds. The molecule has 1 atom stereocenters. The molecule has 6 nitrogen and oxygen atoms in total. The van der Waals surface area contributed by atoms with E-state index in [2.05, 4.69) is 10.2 Å². The second kappa shape index (κ2) is 10.7. The summed E-state index contributed by atoms with van der Waals surface area (Å²) in [4.78, 5) is 29.6. The maximum absolute atomic E-state index is 13.2. The van der Waals surface area contributed by atoms with E-state index < -0.39 is 6.04 Å². The molecule has 1 heterocycles. The van der Waals surface area contributed by atoms with Gasteiger partial charge in [0.05, 0.1) is 13.2 Å². The summed E-state index contributed by atoms with van der Waals surface area (Å²) >= 11 is 0. The molecule has 1 N–H and O–H groups in total. The lowest BCUT2D eigenvalue weighted by Gasteiger charge is -2.31. The first-order valence-electron chi connectivity index (χ1n) is 10.1. The molecule has 0 unspecified atom stereocenters. The van der Waals surface area contributed by atoms with Crippen molar-refractivity contribution >= 4 is 11.8 Å². The summed E-state index contributed by atoms with van der Waals surface area (Å²) in [7, 11) is 0. The molecule has 0 saturated carbocycles. The summed E-state index contributed by atoms with van der Waals surface area (Å²) in [5, 5.41) is 3.03. The second-order valence-electron chi connectivity index (χ2n) is 7.19. The van der Waals surface area contributed by atoms with Gasteiger partial charge in [-0.2, -0.15) is 0 Å². The van der Waals surface area contributed by atoms with E-state index in [4.69, 9.17) is 4.74 Å². The van der Waals surface area contributed by atoms with E-state index in [0.717, 1.165) is 44.0 Å². The van der Waals surface area contributed by atoms with Crippen LogP contribution in [0.25, 0.3) is 0 Å². The topological polar surface area (TPSA) is 61.9 Å². The van der Waals surface area contributed by atoms with Crippen molar-refractivity contribution in [3.05, 3.63) is 71.8 Å². The van der Waals surface area contributed by atoms with Crippen LogP contribution in [0.15, 0.2) is 60.7 Å². The number of morpholine rings is 1. The fourth-order valence-corrected chi connectivity index (χ4v) is 3.53. The van der Waals surface area contributed by atoms with E-state index in [1.54, 1.807) is 4.90 Å². The van der Waals surface area contributed by atoms with Crippen molar-refractivity contribution in [2.45, 2.75) is 19.5 Å². The van der Waals surface area contributed by atoms with E-state index in [-0.39, 0.29) is 11.8 Å². The van der Waals surface area contributed by atoms with Gasteiger partial charge in [0.25, 0.3) is 0 Å². The summed E-state index contributed by atoms with van der Waals surface area (Å²) in [6, 6.07) is 18.6. The number of hydrogen-bond donors (Lipinski definition) is 1. The fraction of sp³-hybridized carbons (Fsp3) is 0.391. The van der Waals surface area contributed by atoms with Gasteiger partial charge >= 0.3 is 0 Å². The van der Waals surface area contributed by atoms with E-state index in [9.17, 15) is 9.59 Å². The van der Waals surface area contributed by atoms with E-state index in [1.807, 2.05) is 60.7 Å². The third-order valence-corrected chi connectivity index (χ3v) is 5.11. The van der Waals surface area contributed by atoms with Crippen LogP contribution >= 0.6 is 0 Å². The summed E-state index contributed by atoms with van der Waals surface area (Å²) in [5.41, 5.74) is 1.80. The molecule has 1 aliphatic heterocycles. The van der Waals surface area contributed by atoms with Crippen molar-refractivity contribution in [3.8, 4) is 0 Å². The summed E-state index contributed by atoms with van der Waals surface area (Å²) < 4.78 is 5.36. The molecule has 0 aliphatic carbocycles. The molecule has 29 heavy (non-hydrogen) atoms. The minimum absolute atomic E-state index is 0.133. The number of carbonyl (C=O) groups excluding carboxylic acids is 2. The van der Waals surface area contributed by atoms with Crippen LogP contribution in [-0.2, 0) is 20.9 Å². The van der Waals surface area contributed by atoms with Crippen molar-refractivity contribution in [1.82, 2.24) is 15.1 Å². The number of hydrogen-bond acceptors (Lipinski definition) is 4. The van der Waals surface area contributed by atoms with Gasteiger partial charge in [-0.15, -0.1) is 0 Å². The Morgan fingerprint density at radius 1 is 1.03 bits per heavy atom. The van der Waals surface area contributed by atoms with E-state index in [1.165, 1.54) is 6.92 Å². The van der Waals surface area contributed by atoms with Gasteiger partial charge < -0.3 is 15.0 Å². The van der Waals surface area contributed by atoms with Crippen molar-refractivity contribution in [1.29, 1.82) is 0 Å². The molecule has 0 aromatic heterocycles. The maximum atomic E-state index is 13.2. The first-order valence-corrected chi connectivity index (χ1v) is 10.1. The third kappa shape index (κ3) is 6.14. The van der Waals surface area contributed by atoms with Gasteiger partial charge in [-0.3, -0.25) is 14.5 Å². The standard InChI is InChI=1S/C23H29N3O3/c1-19(27)26(18-20-8-4-2-5-9-20)22(21-10-6-3-7-11-21)23(28)24-12-13-25-14-16-29-17-15-25/h2-11,22H,12-18H2,1H3,(H,24,28)/t22-/m0/s1. The lowest BCUT2D eigenvalue weighted by molar-refractivity contribution is -0.140. The highest BCUT2D eigenvalue weighted by molar-refractivity contribution is 5.88. The minimum Gasteiger partial charge on any atom is -0.379 e. The first kappa shape index (κ1) is 21.0. The van der Waals surface area contributed by atoms with Gasteiger partial charge in [0.2, 0.25) is 11.8 Å². The van der Waals surface area contributed by atoms with Gasteiger partial charge in [0, 0.05) is 39.6 Å². The third-order valence-electron chi connectivity index (χ3n) is 5.11. The Morgan fingerprint density at radius 3 is 2.28 bits per heavy atom. The lowest BCUT2D eigenvalue weighted by atomic mass is 10.0. The van der Waals surface area contributed by atoms with E-state index >= 15 is 0 Å². The molecule has 1 saturated heterocycles. The van der Waals surface area contributed by atoms with Crippen molar-refractivity contribution in [2.75, 3.05) is 39.4 Å². The Balaban J connectivity index is 1.73. The van der Waals surface area contributed by atoms with Crippen molar-refractivity contribution < 1.29 is 14.3 Å². The van der Waals surface area contributed by atoms with Crippen LogP contribution < -0.4 is 5.32 Å². The highest BCUT2D eigenvalue weighted by Gasteiger charge is 2.29. The van der Waals surface area contributed by atoms with Crippen LogP contribution in [0.3, 0.4) is 0 Å². The minimum atomic E-state index is -0.668. The molecule has 2 aromatic carbocycles. The van der Waals surface area contributed by atoms with Gasteiger partial charge in [-0.05, 0) is 11.1 Å². The van der Waals surface area contributed by atoms with Gasteiger partial charge in [-0.25, -0.2) is 0 Å². The molecular formula is C23H29N3O3. The predicted octanol–water partition coefficient (Wildman–Crippen LogP) is 2.22. The van der Waals surface area contributed by atoms with Crippen LogP contribution in [0, 0.1) is 0 Å². The normalized spacial score (nSPS) is 15.5. The molecule has 1 aliphatic rings. The van der Waals surface area contributed by atoms with Crippen molar-refractivity contribution in [2.24, 2.45) is 0 Å².